The molecule has 2 aromatic heterocycles. The quantitative estimate of drug-likeness (QED) is 0.729. The third-order valence-corrected chi connectivity index (χ3v) is 3.27. The van der Waals surface area contributed by atoms with Gasteiger partial charge in [-0.3, -0.25) is 14.3 Å². The standard InChI is InChI=1S/C16H15N3O3/c20-13-11-15(22-14-6-2-1-5-12(13)14)16(21)17-7-3-9-19-10-4-8-18-19/h1-2,4-6,8,10-11H,3,7,9H2,(H,17,21). The lowest BCUT2D eigenvalue weighted by Crippen LogP contribution is -2.26. The van der Waals surface area contributed by atoms with E-state index in [4.69, 9.17) is 4.42 Å². The van der Waals surface area contributed by atoms with Crippen LogP contribution in [0.5, 0.6) is 0 Å². The number of hydrogen-bond acceptors (Lipinski definition) is 4. The molecule has 3 rings (SSSR count). The minimum Gasteiger partial charge on any atom is -0.451 e. The van der Waals surface area contributed by atoms with Gasteiger partial charge in [-0.05, 0) is 24.6 Å². The molecule has 0 aliphatic heterocycles. The fourth-order valence-electron chi connectivity index (χ4n) is 2.18. The van der Waals surface area contributed by atoms with Gasteiger partial charge in [0.15, 0.2) is 11.2 Å². The number of rotatable bonds is 5. The van der Waals surface area contributed by atoms with Crippen molar-refractivity contribution >= 4 is 16.9 Å². The highest BCUT2D eigenvalue weighted by Crippen LogP contribution is 2.11. The summed E-state index contributed by atoms with van der Waals surface area (Å²) in [7, 11) is 0. The van der Waals surface area contributed by atoms with E-state index < -0.39 is 0 Å². The van der Waals surface area contributed by atoms with Gasteiger partial charge in [0.2, 0.25) is 0 Å². The molecule has 0 saturated heterocycles. The summed E-state index contributed by atoms with van der Waals surface area (Å²) in [6.45, 7) is 1.20. The Kier molecular flexibility index (Phi) is 4.00. The third kappa shape index (κ3) is 3.06. The van der Waals surface area contributed by atoms with Crippen LogP contribution in [0.15, 0.2) is 58.0 Å². The number of benzene rings is 1. The van der Waals surface area contributed by atoms with Crippen LogP contribution in [0.4, 0.5) is 0 Å². The maximum atomic E-state index is 12.0. The van der Waals surface area contributed by atoms with Crippen molar-refractivity contribution in [3.05, 3.63) is 64.8 Å². The number of nitrogens with zero attached hydrogens (tertiary/aromatic N) is 2. The van der Waals surface area contributed by atoms with E-state index >= 15 is 0 Å². The zero-order chi connectivity index (χ0) is 15.4. The topological polar surface area (TPSA) is 77.1 Å². The Hall–Kier alpha value is -2.89. The molecule has 1 amide bonds. The van der Waals surface area contributed by atoms with E-state index in [2.05, 4.69) is 10.4 Å². The van der Waals surface area contributed by atoms with Crippen molar-refractivity contribution in [1.29, 1.82) is 0 Å². The summed E-state index contributed by atoms with van der Waals surface area (Å²) < 4.78 is 7.27. The van der Waals surface area contributed by atoms with Crippen molar-refractivity contribution in [2.45, 2.75) is 13.0 Å². The summed E-state index contributed by atoms with van der Waals surface area (Å²) in [6.07, 6.45) is 4.32. The number of hydrogen-bond donors (Lipinski definition) is 1. The molecule has 1 N–H and O–H groups in total. The van der Waals surface area contributed by atoms with Crippen molar-refractivity contribution in [2.24, 2.45) is 0 Å². The highest BCUT2D eigenvalue weighted by atomic mass is 16.3. The zero-order valence-corrected chi connectivity index (χ0v) is 11.9. The van der Waals surface area contributed by atoms with Crippen molar-refractivity contribution < 1.29 is 9.21 Å². The van der Waals surface area contributed by atoms with Gasteiger partial charge in [-0.1, -0.05) is 12.1 Å². The fourth-order valence-corrected chi connectivity index (χ4v) is 2.18. The number of nitrogens with one attached hydrogen (secondary N) is 1. The van der Waals surface area contributed by atoms with E-state index in [1.807, 2.05) is 12.3 Å². The summed E-state index contributed by atoms with van der Waals surface area (Å²) in [4.78, 5) is 24.0. The first kappa shape index (κ1) is 14.1. The minimum atomic E-state index is -0.386. The molecule has 0 aliphatic carbocycles. The lowest BCUT2D eigenvalue weighted by atomic mass is 10.2. The van der Waals surface area contributed by atoms with Gasteiger partial charge in [-0.15, -0.1) is 0 Å². The SMILES string of the molecule is O=C(NCCCn1cccn1)c1cc(=O)c2ccccc2o1. The highest BCUT2D eigenvalue weighted by Gasteiger charge is 2.11. The molecule has 2 heterocycles. The van der Waals surface area contributed by atoms with E-state index in [-0.39, 0.29) is 17.1 Å². The molecule has 112 valence electrons. The molecule has 0 spiro atoms. The molecule has 0 aliphatic rings. The Morgan fingerprint density at radius 2 is 2.14 bits per heavy atom. The number of amides is 1. The lowest BCUT2D eigenvalue weighted by molar-refractivity contribution is 0.0925. The molecule has 1 aromatic carbocycles. The van der Waals surface area contributed by atoms with Crippen LogP contribution in [-0.4, -0.2) is 22.2 Å². The second-order valence-electron chi connectivity index (χ2n) is 4.85. The molecule has 0 radical (unpaired) electrons. The Balaban J connectivity index is 1.63. The van der Waals surface area contributed by atoms with Crippen LogP contribution < -0.4 is 10.7 Å². The molecule has 0 fully saturated rings. The highest BCUT2D eigenvalue weighted by molar-refractivity contribution is 5.93. The predicted molar refractivity (Wildman–Crippen MR) is 81.7 cm³/mol. The fraction of sp³-hybridized carbons (Fsp3) is 0.188. The average Bonchev–Trinajstić information content (AvgIpc) is 3.04. The van der Waals surface area contributed by atoms with Crippen LogP contribution in [0.2, 0.25) is 0 Å². The van der Waals surface area contributed by atoms with Crippen molar-refractivity contribution in [1.82, 2.24) is 15.1 Å². The van der Waals surface area contributed by atoms with Crippen molar-refractivity contribution in [2.75, 3.05) is 6.54 Å². The zero-order valence-electron chi connectivity index (χ0n) is 11.9. The first-order valence-electron chi connectivity index (χ1n) is 7.02. The van der Waals surface area contributed by atoms with E-state index in [0.717, 1.165) is 13.0 Å². The Morgan fingerprint density at radius 3 is 2.95 bits per heavy atom. The molecule has 0 unspecified atom stereocenters. The maximum absolute atomic E-state index is 12.0. The van der Waals surface area contributed by atoms with Gasteiger partial charge in [0, 0.05) is 31.5 Å². The molecule has 6 heteroatoms. The van der Waals surface area contributed by atoms with Crippen LogP contribution in [0.3, 0.4) is 0 Å². The van der Waals surface area contributed by atoms with Gasteiger partial charge in [-0.25, -0.2) is 0 Å². The maximum Gasteiger partial charge on any atom is 0.287 e. The van der Waals surface area contributed by atoms with Crippen LogP contribution in [0.1, 0.15) is 17.0 Å². The monoisotopic (exact) mass is 297 g/mol. The number of aryl methyl sites for hydroxylation is 1. The number of para-hydroxylation sites is 1. The van der Waals surface area contributed by atoms with Gasteiger partial charge in [0.1, 0.15) is 5.58 Å². The number of carbonyl (C=O) groups excluding carboxylic acids is 1. The predicted octanol–water partition coefficient (Wildman–Crippen LogP) is 1.81. The second kappa shape index (κ2) is 6.26. The summed E-state index contributed by atoms with van der Waals surface area (Å²) in [5.74, 6) is -0.355. The number of carbonyl (C=O) groups is 1. The van der Waals surface area contributed by atoms with Crippen LogP contribution in [0.25, 0.3) is 11.0 Å². The molecular weight excluding hydrogens is 282 g/mol. The van der Waals surface area contributed by atoms with E-state index in [0.29, 0.717) is 17.5 Å². The molecular formula is C16H15N3O3. The lowest BCUT2D eigenvalue weighted by Gasteiger charge is -2.05. The van der Waals surface area contributed by atoms with Crippen LogP contribution in [0, 0.1) is 0 Å². The smallest absolute Gasteiger partial charge is 0.287 e. The molecule has 0 bridgehead atoms. The molecule has 6 nitrogen and oxygen atoms in total. The second-order valence-corrected chi connectivity index (χ2v) is 4.85. The van der Waals surface area contributed by atoms with Gasteiger partial charge in [-0.2, -0.15) is 5.10 Å². The van der Waals surface area contributed by atoms with Crippen molar-refractivity contribution in [3.63, 3.8) is 0 Å². The Morgan fingerprint density at radius 1 is 1.27 bits per heavy atom. The van der Waals surface area contributed by atoms with E-state index in [1.54, 1.807) is 35.1 Å². The molecule has 0 saturated carbocycles. The number of aromatic nitrogens is 2. The molecule has 3 aromatic rings. The van der Waals surface area contributed by atoms with E-state index in [9.17, 15) is 9.59 Å². The largest absolute Gasteiger partial charge is 0.451 e. The van der Waals surface area contributed by atoms with Gasteiger partial charge in [0.05, 0.1) is 5.39 Å². The minimum absolute atomic E-state index is 0.0304. The first-order chi connectivity index (χ1) is 10.7. The third-order valence-electron chi connectivity index (χ3n) is 3.27. The summed E-state index contributed by atoms with van der Waals surface area (Å²) in [5, 5.41) is 7.29. The first-order valence-corrected chi connectivity index (χ1v) is 7.02. The molecule has 0 atom stereocenters. The summed E-state index contributed by atoms with van der Waals surface area (Å²) >= 11 is 0. The number of fused-ring (bicyclic) bond motifs is 1. The van der Waals surface area contributed by atoms with Crippen molar-refractivity contribution in [3.8, 4) is 0 Å². The van der Waals surface area contributed by atoms with Crippen LogP contribution >= 0.6 is 0 Å². The summed E-state index contributed by atoms with van der Waals surface area (Å²) in [5.41, 5.74) is 0.195. The summed E-state index contributed by atoms with van der Waals surface area (Å²) in [6, 6.07) is 9.94. The van der Waals surface area contributed by atoms with E-state index in [1.165, 1.54) is 6.07 Å². The van der Waals surface area contributed by atoms with Gasteiger partial charge in [0.25, 0.3) is 5.91 Å². The van der Waals surface area contributed by atoms with Crippen LogP contribution in [-0.2, 0) is 6.54 Å². The Bertz CT molecular complexity index is 837. The Labute approximate surface area is 126 Å². The average molecular weight is 297 g/mol. The van der Waals surface area contributed by atoms with Gasteiger partial charge < -0.3 is 9.73 Å². The normalized spacial score (nSPS) is 10.7. The molecule has 22 heavy (non-hydrogen) atoms. The van der Waals surface area contributed by atoms with Gasteiger partial charge >= 0.3 is 0 Å².